The van der Waals surface area contributed by atoms with Crippen LogP contribution in [-0.4, -0.2) is 46.0 Å². The highest BCUT2D eigenvalue weighted by molar-refractivity contribution is 7.87. The van der Waals surface area contributed by atoms with Crippen molar-refractivity contribution in [1.82, 2.24) is 14.3 Å². The van der Waals surface area contributed by atoms with Gasteiger partial charge in [0, 0.05) is 32.7 Å². The predicted octanol–water partition coefficient (Wildman–Crippen LogP) is -0.0652. The van der Waals surface area contributed by atoms with Gasteiger partial charge in [-0.2, -0.15) is 17.4 Å². The average molecular weight is 285 g/mol. The second-order valence-corrected chi connectivity index (χ2v) is 6.08. The molecule has 1 aromatic carbocycles. The van der Waals surface area contributed by atoms with Crippen LogP contribution >= 0.6 is 0 Å². The highest BCUT2D eigenvalue weighted by Crippen LogP contribution is 2.11. The molecular formula is C12H19N3O3S. The molecule has 2 rings (SSSR count). The molecule has 19 heavy (non-hydrogen) atoms. The number of methoxy groups -OCH3 is 1. The molecule has 0 atom stereocenters. The van der Waals surface area contributed by atoms with E-state index in [4.69, 9.17) is 4.74 Å². The van der Waals surface area contributed by atoms with Gasteiger partial charge in [0.05, 0.1) is 7.11 Å². The van der Waals surface area contributed by atoms with Gasteiger partial charge in [-0.25, -0.2) is 0 Å². The van der Waals surface area contributed by atoms with E-state index in [1.807, 2.05) is 24.3 Å². The summed E-state index contributed by atoms with van der Waals surface area (Å²) in [4.78, 5) is 0. The molecule has 0 unspecified atom stereocenters. The Kier molecular flexibility index (Phi) is 4.76. The summed E-state index contributed by atoms with van der Waals surface area (Å²) in [5.41, 5.74) is 0.902. The number of ether oxygens (including phenoxy) is 1. The summed E-state index contributed by atoms with van der Waals surface area (Å²) in [6, 6.07) is 7.32. The van der Waals surface area contributed by atoms with Crippen molar-refractivity contribution in [3.8, 4) is 5.75 Å². The average Bonchev–Trinajstić information content (AvgIpc) is 2.47. The van der Waals surface area contributed by atoms with Crippen molar-refractivity contribution in [2.45, 2.75) is 6.54 Å². The third-order valence-electron chi connectivity index (χ3n) is 3.03. The molecule has 1 fully saturated rings. The fourth-order valence-corrected chi connectivity index (χ4v) is 3.09. The SMILES string of the molecule is COc1ccc(CNS(=O)(=O)N2CCNCC2)cc1. The quantitative estimate of drug-likeness (QED) is 0.795. The van der Waals surface area contributed by atoms with Crippen LogP contribution in [0.15, 0.2) is 24.3 Å². The van der Waals surface area contributed by atoms with Gasteiger partial charge in [0.1, 0.15) is 5.75 Å². The minimum absolute atomic E-state index is 0.288. The first-order valence-electron chi connectivity index (χ1n) is 6.20. The Morgan fingerprint density at radius 1 is 1.26 bits per heavy atom. The van der Waals surface area contributed by atoms with Gasteiger partial charge < -0.3 is 10.1 Å². The molecule has 1 aliphatic heterocycles. The molecular weight excluding hydrogens is 266 g/mol. The molecule has 1 aliphatic rings. The van der Waals surface area contributed by atoms with E-state index in [1.54, 1.807) is 7.11 Å². The standard InChI is InChI=1S/C12H19N3O3S/c1-18-12-4-2-11(3-5-12)10-14-19(16,17)15-8-6-13-7-9-15/h2-5,13-14H,6-10H2,1H3. The van der Waals surface area contributed by atoms with Gasteiger partial charge in [-0.05, 0) is 17.7 Å². The van der Waals surface area contributed by atoms with Crippen LogP contribution in [0.2, 0.25) is 0 Å². The van der Waals surface area contributed by atoms with Crippen LogP contribution in [0.5, 0.6) is 5.75 Å². The lowest BCUT2D eigenvalue weighted by molar-refractivity contribution is 0.354. The zero-order chi connectivity index (χ0) is 13.7. The number of hydrogen-bond acceptors (Lipinski definition) is 4. The van der Waals surface area contributed by atoms with E-state index in [1.165, 1.54) is 4.31 Å². The Morgan fingerprint density at radius 3 is 2.47 bits per heavy atom. The molecule has 0 bridgehead atoms. The van der Waals surface area contributed by atoms with Crippen molar-refractivity contribution in [3.63, 3.8) is 0 Å². The normalized spacial score (nSPS) is 17.3. The van der Waals surface area contributed by atoms with E-state index in [0.29, 0.717) is 26.2 Å². The molecule has 1 saturated heterocycles. The molecule has 7 heteroatoms. The molecule has 0 saturated carbocycles. The van der Waals surface area contributed by atoms with E-state index >= 15 is 0 Å². The van der Waals surface area contributed by atoms with Crippen molar-refractivity contribution in [2.24, 2.45) is 0 Å². The first kappa shape index (κ1) is 14.3. The summed E-state index contributed by atoms with van der Waals surface area (Å²) >= 11 is 0. The molecule has 1 heterocycles. The van der Waals surface area contributed by atoms with Crippen LogP contribution in [0, 0.1) is 0 Å². The van der Waals surface area contributed by atoms with Crippen molar-refractivity contribution in [1.29, 1.82) is 0 Å². The van der Waals surface area contributed by atoms with Crippen LogP contribution in [0.25, 0.3) is 0 Å². The van der Waals surface area contributed by atoms with Crippen LogP contribution in [0.4, 0.5) is 0 Å². The molecule has 0 amide bonds. The largest absolute Gasteiger partial charge is 0.497 e. The van der Waals surface area contributed by atoms with Crippen LogP contribution in [0.3, 0.4) is 0 Å². The number of nitrogens with zero attached hydrogens (tertiary/aromatic N) is 1. The third kappa shape index (κ3) is 3.90. The number of rotatable bonds is 5. The molecule has 0 aromatic heterocycles. The van der Waals surface area contributed by atoms with Crippen LogP contribution < -0.4 is 14.8 Å². The molecule has 106 valence electrons. The number of nitrogens with one attached hydrogen (secondary N) is 2. The first-order valence-corrected chi connectivity index (χ1v) is 7.64. The second kappa shape index (κ2) is 6.33. The van der Waals surface area contributed by atoms with Crippen molar-refractivity contribution < 1.29 is 13.2 Å². The summed E-state index contributed by atoms with van der Waals surface area (Å²) < 4.78 is 33.2. The smallest absolute Gasteiger partial charge is 0.279 e. The van der Waals surface area contributed by atoms with Gasteiger partial charge in [0.25, 0.3) is 10.2 Å². The maximum atomic E-state index is 12.0. The Balaban J connectivity index is 1.92. The summed E-state index contributed by atoms with van der Waals surface area (Å²) in [5, 5.41) is 3.13. The van der Waals surface area contributed by atoms with Gasteiger partial charge in [-0.15, -0.1) is 0 Å². The number of piperazine rings is 1. The predicted molar refractivity (Wildman–Crippen MR) is 73.2 cm³/mol. The van der Waals surface area contributed by atoms with Crippen LogP contribution in [-0.2, 0) is 16.8 Å². The summed E-state index contributed by atoms with van der Waals surface area (Å²) in [7, 11) is -1.79. The second-order valence-electron chi connectivity index (χ2n) is 4.32. The van der Waals surface area contributed by atoms with E-state index in [2.05, 4.69) is 10.0 Å². The molecule has 0 radical (unpaired) electrons. The van der Waals surface area contributed by atoms with E-state index < -0.39 is 10.2 Å². The Labute approximate surface area is 113 Å². The van der Waals surface area contributed by atoms with Gasteiger partial charge in [0.15, 0.2) is 0 Å². The van der Waals surface area contributed by atoms with Crippen molar-refractivity contribution in [3.05, 3.63) is 29.8 Å². The lowest BCUT2D eigenvalue weighted by Crippen LogP contribution is -2.50. The molecule has 1 aromatic rings. The van der Waals surface area contributed by atoms with Gasteiger partial charge in [-0.1, -0.05) is 12.1 Å². The summed E-state index contributed by atoms with van der Waals surface area (Å²) in [5.74, 6) is 0.758. The third-order valence-corrected chi connectivity index (χ3v) is 4.59. The summed E-state index contributed by atoms with van der Waals surface area (Å²) in [6.07, 6.45) is 0. The molecule has 0 spiro atoms. The van der Waals surface area contributed by atoms with E-state index in [9.17, 15) is 8.42 Å². The van der Waals surface area contributed by atoms with Crippen LogP contribution in [0.1, 0.15) is 5.56 Å². The number of hydrogen-bond donors (Lipinski definition) is 2. The maximum absolute atomic E-state index is 12.0. The molecule has 0 aliphatic carbocycles. The van der Waals surface area contributed by atoms with Gasteiger partial charge in [-0.3, -0.25) is 0 Å². The highest BCUT2D eigenvalue weighted by atomic mass is 32.2. The molecule has 2 N–H and O–H groups in total. The van der Waals surface area contributed by atoms with E-state index in [0.717, 1.165) is 11.3 Å². The van der Waals surface area contributed by atoms with E-state index in [-0.39, 0.29) is 6.54 Å². The number of benzene rings is 1. The monoisotopic (exact) mass is 285 g/mol. The maximum Gasteiger partial charge on any atom is 0.279 e. The zero-order valence-corrected chi connectivity index (χ0v) is 11.7. The zero-order valence-electron chi connectivity index (χ0n) is 10.9. The Hall–Kier alpha value is -1.15. The van der Waals surface area contributed by atoms with Crippen molar-refractivity contribution in [2.75, 3.05) is 33.3 Å². The lowest BCUT2D eigenvalue weighted by atomic mass is 10.2. The first-order chi connectivity index (χ1) is 9.12. The lowest BCUT2D eigenvalue weighted by Gasteiger charge is -2.26. The fraction of sp³-hybridized carbons (Fsp3) is 0.500. The summed E-state index contributed by atoms with van der Waals surface area (Å²) in [6.45, 7) is 2.71. The topological polar surface area (TPSA) is 70.7 Å². The van der Waals surface area contributed by atoms with Crippen molar-refractivity contribution >= 4 is 10.2 Å². The minimum atomic E-state index is -3.39. The Bertz CT molecular complexity index is 495. The highest BCUT2D eigenvalue weighted by Gasteiger charge is 2.22. The minimum Gasteiger partial charge on any atom is -0.497 e. The Morgan fingerprint density at radius 2 is 1.89 bits per heavy atom. The molecule has 6 nitrogen and oxygen atoms in total. The van der Waals surface area contributed by atoms with Gasteiger partial charge in [0.2, 0.25) is 0 Å². The van der Waals surface area contributed by atoms with Gasteiger partial charge >= 0.3 is 0 Å². The fourth-order valence-electron chi connectivity index (χ4n) is 1.89.